The first-order valence-corrected chi connectivity index (χ1v) is 7.22. The fourth-order valence-corrected chi connectivity index (χ4v) is 2.62. The van der Waals surface area contributed by atoms with Crippen molar-refractivity contribution in [2.45, 2.75) is 52.1 Å². The van der Waals surface area contributed by atoms with Crippen molar-refractivity contribution in [1.82, 2.24) is 14.5 Å². The third-order valence-electron chi connectivity index (χ3n) is 3.65. The highest BCUT2D eigenvalue weighted by Gasteiger charge is 2.23. The van der Waals surface area contributed by atoms with Crippen LogP contribution in [0.3, 0.4) is 0 Å². The van der Waals surface area contributed by atoms with Crippen molar-refractivity contribution in [3.8, 4) is 0 Å². The molecule has 0 spiro atoms. The van der Waals surface area contributed by atoms with Gasteiger partial charge in [-0.05, 0) is 6.42 Å². The van der Waals surface area contributed by atoms with Crippen LogP contribution in [0.15, 0.2) is 24.5 Å². The molecular weight excluding hydrogens is 238 g/mol. The van der Waals surface area contributed by atoms with Crippen molar-refractivity contribution >= 4 is 5.91 Å². The van der Waals surface area contributed by atoms with Crippen molar-refractivity contribution in [3.63, 3.8) is 0 Å². The van der Waals surface area contributed by atoms with Crippen molar-refractivity contribution in [1.29, 1.82) is 0 Å². The summed E-state index contributed by atoms with van der Waals surface area (Å²) in [4.78, 5) is 18.5. The van der Waals surface area contributed by atoms with Gasteiger partial charge in [0.25, 0.3) is 0 Å². The Morgan fingerprint density at radius 3 is 3.05 bits per heavy atom. The van der Waals surface area contributed by atoms with E-state index in [0.717, 1.165) is 38.2 Å². The van der Waals surface area contributed by atoms with Crippen LogP contribution in [0.5, 0.6) is 0 Å². The molecule has 1 amide bonds. The van der Waals surface area contributed by atoms with Crippen LogP contribution >= 0.6 is 0 Å². The van der Waals surface area contributed by atoms with Crippen LogP contribution in [-0.4, -0.2) is 32.9 Å². The van der Waals surface area contributed by atoms with E-state index in [1.165, 1.54) is 0 Å². The molecule has 4 nitrogen and oxygen atoms in total. The first kappa shape index (κ1) is 13.8. The number of carbonyl (C=O) groups excluding carboxylic acids is 1. The van der Waals surface area contributed by atoms with Gasteiger partial charge in [0.05, 0.1) is 6.04 Å². The average molecular weight is 261 g/mol. The summed E-state index contributed by atoms with van der Waals surface area (Å²) in [5.41, 5.74) is 0. The molecule has 0 aliphatic carbocycles. The second-order valence-electron chi connectivity index (χ2n) is 4.97. The maximum Gasteiger partial charge on any atom is 0.225 e. The minimum Gasteiger partial charge on any atom is -0.334 e. The normalized spacial score (nSPS) is 18.2. The summed E-state index contributed by atoms with van der Waals surface area (Å²) in [6.07, 6.45) is 11.7. The van der Waals surface area contributed by atoms with Gasteiger partial charge < -0.3 is 9.47 Å². The van der Waals surface area contributed by atoms with Gasteiger partial charge in [0.2, 0.25) is 5.91 Å². The Kier molecular flexibility index (Phi) is 4.77. The fraction of sp³-hybridized carbons (Fsp3) is 0.600. The third kappa shape index (κ3) is 3.25. The van der Waals surface area contributed by atoms with Crippen molar-refractivity contribution < 1.29 is 4.79 Å². The molecule has 4 heteroatoms. The number of imidazole rings is 1. The van der Waals surface area contributed by atoms with Gasteiger partial charge in [0.15, 0.2) is 0 Å². The summed E-state index contributed by atoms with van der Waals surface area (Å²) in [7, 11) is 0. The summed E-state index contributed by atoms with van der Waals surface area (Å²) in [5, 5.41) is 0. The number of carbonyl (C=O) groups is 1. The number of aromatic nitrogens is 2. The highest BCUT2D eigenvalue weighted by molar-refractivity contribution is 5.77. The molecule has 0 saturated carbocycles. The lowest BCUT2D eigenvalue weighted by Crippen LogP contribution is -2.36. The molecule has 1 aliphatic rings. The molecule has 0 radical (unpaired) electrons. The van der Waals surface area contributed by atoms with Gasteiger partial charge in [-0.2, -0.15) is 0 Å². The molecule has 19 heavy (non-hydrogen) atoms. The summed E-state index contributed by atoms with van der Waals surface area (Å²) in [6, 6.07) is 0.311. The van der Waals surface area contributed by atoms with E-state index in [1.54, 1.807) is 6.20 Å². The molecule has 104 valence electrons. The van der Waals surface area contributed by atoms with E-state index in [4.69, 9.17) is 0 Å². The van der Waals surface area contributed by atoms with Gasteiger partial charge in [-0.1, -0.05) is 32.4 Å². The highest BCUT2D eigenvalue weighted by atomic mass is 16.2. The Labute approximate surface area is 115 Å². The van der Waals surface area contributed by atoms with Gasteiger partial charge in [0.1, 0.15) is 5.82 Å². The maximum absolute atomic E-state index is 12.3. The van der Waals surface area contributed by atoms with Gasteiger partial charge >= 0.3 is 0 Å². The Hall–Kier alpha value is -1.58. The number of hydrogen-bond acceptors (Lipinski definition) is 2. The van der Waals surface area contributed by atoms with E-state index < -0.39 is 0 Å². The number of amides is 1. The first-order valence-electron chi connectivity index (χ1n) is 7.22. The second kappa shape index (κ2) is 6.55. The molecule has 2 rings (SSSR count). The fourth-order valence-electron chi connectivity index (χ4n) is 2.62. The van der Waals surface area contributed by atoms with E-state index in [9.17, 15) is 4.79 Å². The second-order valence-corrected chi connectivity index (χ2v) is 4.97. The number of nitrogens with zero attached hydrogens (tertiary/aromatic N) is 3. The summed E-state index contributed by atoms with van der Waals surface area (Å²) in [5.74, 6) is 1.30. The average Bonchev–Trinajstić information content (AvgIpc) is 3.04. The van der Waals surface area contributed by atoms with Crippen LogP contribution < -0.4 is 0 Å². The largest absolute Gasteiger partial charge is 0.334 e. The monoisotopic (exact) mass is 261 g/mol. The van der Waals surface area contributed by atoms with Gasteiger partial charge in [-0.25, -0.2) is 4.98 Å². The predicted octanol–water partition coefficient (Wildman–Crippen LogP) is 2.40. The predicted molar refractivity (Wildman–Crippen MR) is 75.8 cm³/mol. The van der Waals surface area contributed by atoms with Crippen LogP contribution in [0.25, 0.3) is 0 Å². The highest BCUT2D eigenvalue weighted by Crippen LogP contribution is 2.16. The van der Waals surface area contributed by atoms with E-state index in [0.29, 0.717) is 12.5 Å². The standard InChI is InChI=1S/C15H23N3O/c1-3-6-13-7-5-10-18(13)15(19)8-11-17-12-9-16-14(17)4-2/h5,7,9,12-13H,3-4,6,8,10-11H2,1-2H3. The van der Waals surface area contributed by atoms with Crippen LogP contribution in [0.4, 0.5) is 0 Å². The lowest BCUT2D eigenvalue weighted by molar-refractivity contribution is -0.131. The molecule has 1 atom stereocenters. The number of rotatable bonds is 6. The zero-order valence-corrected chi connectivity index (χ0v) is 11.9. The lowest BCUT2D eigenvalue weighted by atomic mass is 10.1. The molecule has 1 aliphatic heterocycles. The number of aryl methyl sites for hydroxylation is 2. The van der Waals surface area contributed by atoms with Crippen LogP contribution in [0.2, 0.25) is 0 Å². The first-order chi connectivity index (χ1) is 9.26. The van der Waals surface area contributed by atoms with Crippen LogP contribution in [0.1, 0.15) is 38.9 Å². The topological polar surface area (TPSA) is 38.1 Å². The molecule has 0 bridgehead atoms. The van der Waals surface area contributed by atoms with Crippen molar-refractivity contribution in [2.75, 3.05) is 6.54 Å². The van der Waals surface area contributed by atoms with Crippen LogP contribution in [-0.2, 0) is 17.8 Å². The minimum atomic E-state index is 0.249. The van der Waals surface area contributed by atoms with E-state index in [1.807, 2.05) is 11.1 Å². The molecule has 0 N–H and O–H groups in total. The van der Waals surface area contributed by atoms with E-state index in [-0.39, 0.29) is 5.91 Å². The Morgan fingerprint density at radius 2 is 2.32 bits per heavy atom. The molecule has 0 fully saturated rings. The molecule has 1 aromatic heterocycles. The van der Waals surface area contributed by atoms with Crippen LogP contribution in [0, 0.1) is 0 Å². The quantitative estimate of drug-likeness (QED) is 0.738. The van der Waals surface area contributed by atoms with Gasteiger partial charge in [-0.3, -0.25) is 4.79 Å². The Balaban J connectivity index is 1.88. The molecule has 1 unspecified atom stereocenters. The maximum atomic E-state index is 12.3. The molecule has 0 aromatic carbocycles. The zero-order chi connectivity index (χ0) is 13.7. The molecule has 1 aromatic rings. The minimum absolute atomic E-state index is 0.249. The van der Waals surface area contributed by atoms with Gasteiger partial charge in [-0.15, -0.1) is 0 Å². The van der Waals surface area contributed by atoms with Gasteiger partial charge in [0, 0.05) is 38.3 Å². The van der Waals surface area contributed by atoms with Crippen molar-refractivity contribution in [2.24, 2.45) is 0 Å². The molecule has 2 heterocycles. The van der Waals surface area contributed by atoms with E-state index in [2.05, 4.69) is 35.6 Å². The summed E-state index contributed by atoms with van der Waals surface area (Å²) >= 11 is 0. The van der Waals surface area contributed by atoms with E-state index >= 15 is 0 Å². The third-order valence-corrected chi connectivity index (χ3v) is 3.65. The Bertz CT molecular complexity index is 450. The smallest absolute Gasteiger partial charge is 0.225 e. The lowest BCUT2D eigenvalue weighted by Gasteiger charge is -2.24. The Morgan fingerprint density at radius 1 is 1.47 bits per heavy atom. The zero-order valence-electron chi connectivity index (χ0n) is 11.9. The summed E-state index contributed by atoms with van der Waals surface area (Å²) < 4.78 is 2.08. The molecular formula is C15H23N3O. The molecule has 0 saturated heterocycles. The van der Waals surface area contributed by atoms with Crippen molar-refractivity contribution in [3.05, 3.63) is 30.4 Å². The SMILES string of the molecule is CCCC1C=CCN1C(=O)CCn1ccnc1CC. The summed E-state index contributed by atoms with van der Waals surface area (Å²) in [6.45, 7) is 5.75. The number of hydrogen-bond donors (Lipinski definition) is 0.